The van der Waals surface area contributed by atoms with Gasteiger partial charge >= 0.3 is 0 Å². The van der Waals surface area contributed by atoms with Gasteiger partial charge in [-0.25, -0.2) is 0 Å². The van der Waals surface area contributed by atoms with Gasteiger partial charge in [0, 0.05) is 27.8 Å². The molecule has 0 spiro atoms. The number of hydrogen-bond acceptors (Lipinski definition) is 3. The minimum absolute atomic E-state index is 0.514. The van der Waals surface area contributed by atoms with Gasteiger partial charge in [-0.2, -0.15) is 0 Å². The van der Waals surface area contributed by atoms with Gasteiger partial charge in [-0.05, 0) is 45.7 Å². The molecule has 0 bridgehead atoms. The second-order valence-electron chi connectivity index (χ2n) is 4.74. The van der Waals surface area contributed by atoms with Crippen LogP contribution in [-0.4, -0.2) is 40.2 Å². The lowest BCUT2D eigenvalue weighted by Crippen LogP contribution is -2.39. The Morgan fingerprint density at radius 3 is 2.29 bits per heavy atom. The molecule has 14 heavy (non-hydrogen) atoms. The molecule has 1 rings (SSSR count). The lowest BCUT2D eigenvalue weighted by atomic mass is 9.98. The van der Waals surface area contributed by atoms with Crippen molar-refractivity contribution in [3.8, 4) is 0 Å². The predicted octanol–water partition coefficient (Wildman–Crippen LogP) is 1.78. The van der Waals surface area contributed by atoms with Gasteiger partial charge < -0.3 is 4.90 Å². The summed E-state index contributed by atoms with van der Waals surface area (Å²) in [6.45, 7) is 6.65. The lowest BCUT2D eigenvalue weighted by molar-refractivity contribution is 0.157. The van der Waals surface area contributed by atoms with Crippen LogP contribution in [0.5, 0.6) is 0 Å². The summed E-state index contributed by atoms with van der Waals surface area (Å²) in [5, 5.41) is 0. The summed E-state index contributed by atoms with van der Waals surface area (Å²) in [5.74, 6) is 1.11. The van der Waals surface area contributed by atoms with E-state index in [-0.39, 0.29) is 0 Å². The van der Waals surface area contributed by atoms with Crippen molar-refractivity contribution in [2.24, 2.45) is 5.92 Å². The highest BCUT2D eigenvalue weighted by atomic mass is 32.2. The van der Waals surface area contributed by atoms with Crippen molar-refractivity contribution in [1.82, 2.24) is 4.90 Å². The first-order valence-corrected chi connectivity index (χ1v) is 7.47. The normalized spacial score (nSPS) is 25.1. The summed E-state index contributed by atoms with van der Waals surface area (Å²) in [7, 11) is -2.28. The molecule has 1 aliphatic heterocycles. The van der Waals surface area contributed by atoms with Gasteiger partial charge in [0.2, 0.25) is 0 Å². The van der Waals surface area contributed by atoms with Crippen LogP contribution in [-0.2, 0) is 9.73 Å². The first-order valence-electron chi connectivity index (χ1n) is 5.34. The molecular weight excluding hydrogens is 196 g/mol. The van der Waals surface area contributed by atoms with E-state index in [4.69, 9.17) is 4.78 Å². The van der Waals surface area contributed by atoms with Gasteiger partial charge in [0.15, 0.2) is 0 Å². The SMILES string of the molecule is CC(C)N1CCC(CS(C)(=N)=O)CC1. The molecule has 1 N–H and O–H groups in total. The molecule has 4 heteroatoms. The molecule has 0 aromatic heterocycles. The highest BCUT2D eigenvalue weighted by Crippen LogP contribution is 2.20. The van der Waals surface area contributed by atoms with Gasteiger partial charge in [-0.1, -0.05) is 0 Å². The number of nitrogens with one attached hydrogen (secondary N) is 1. The quantitative estimate of drug-likeness (QED) is 0.785. The van der Waals surface area contributed by atoms with E-state index in [1.165, 1.54) is 0 Å². The Labute approximate surface area is 87.8 Å². The van der Waals surface area contributed by atoms with Crippen LogP contribution >= 0.6 is 0 Å². The topological polar surface area (TPSA) is 44.2 Å². The fourth-order valence-corrected chi connectivity index (χ4v) is 3.32. The maximum absolute atomic E-state index is 11.3. The third kappa shape index (κ3) is 3.96. The van der Waals surface area contributed by atoms with Crippen LogP contribution in [0.25, 0.3) is 0 Å². The Morgan fingerprint density at radius 1 is 1.43 bits per heavy atom. The van der Waals surface area contributed by atoms with Crippen LogP contribution in [0, 0.1) is 10.7 Å². The highest BCUT2D eigenvalue weighted by Gasteiger charge is 2.22. The van der Waals surface area contributed by atoms with E-state index in [9.17, 15) is 4.21 Å². The minimum atomic E-state index is -2.28. The second kappa shape index (κ2) is 4.62. The molecule has 1 heterocycles. The van der Waals surface area contributed by atoms with Crippen molar-refractivity contribution in [3.63, 3.8) is 0 Å². The summed E-state index contributed by atoms with van der Waals surface area (Å²) < 4.78 is 18.7. The molecule has 3 nitrogen and oxygen atoms in total. The van der Waals surface area contributed by atoms with Gasteiger partial charge in [0.05, 0.1) is 0 Å². The third-order valence-corrected chi connectivity index (χ3v) is 4.04. The van der Waals surface area contributed by atoms with Crippen LogP contribution in [0.3, 0.4) is 0 Å². The van der Waals surface area contributed by atoms with Gasteiger partial charge in [0.25, 0.3) is 0 Å². The van der Waals surface area contributed by atoms with E-state index < -0.39 is 9.73 Å². The molecule has 0 aliphatic carbocycles. The molecule has 0 saturated carbocycles. The van der Waals surface area contributed by atoms with E-state index in [0.717, 1.165) is 25.9 Å². The standard InChI is InChI=1S/C10H22N2OS/c1-9(2)12-6-4-10(5-7-12)8-14(3,11)13/h9-11H,4-8H2,1-3H3. The summed E-state index contributed by atoms with van der Waals surface area (Å²) in [5.41, 5.74) is 0. The molecule has 1 fully saturated rings. The smallest absolute Gasteiger partial charge is 0.0415 e. The van der Waals surface area contributed by atoms with Crippen molar-refractivity contribution in [2.45, 2.75) is 32.7 Å². The van der Waals surface area contributed by atoms with Crippen molar-refractivity contribution in [3.05, 3.63) is 0 Å². The number of nitrogens with zero attached hydrogens (tertiary/aromatic N) is 1. The molecular formula is C10H22N2OS. The molecule has 0 aromatic rings. The minimum Gasteiger partial charge on any atom is -0.301 e. The third-order valence-electron chi connectivity index (χ3n) is 2.93. The van der Waals surface area contributed by atoms with Gasteiger partial charge in [0.1, 0.15) is 0 Å². The Kier molecular flexibility index (Phi) is 3.95. The Balaban J connectivity index is 2.36. The van der Waals surface area contributed by atoms with Crippen LogP contribution in [0.15, 0.2) is 0 Å². The zero-order chi connectivity index (χ0) is 10.8. The summed E-state index contributed by atoms with van der Waals surface area (Å²) >= 11 is 0. The lowest BCUT2D eigenvalue weighted by Gasteiger charge is -2.34. The largest absolute Gasteiger partial charge is 0.301 e. The fourth-order valence-electron chi connectivity index (χ4n) is 2.09. The molecule has 0 aromatic carbocycles. The molecule has 0 radical (unpaired) electrons. The Bertz CT molecular complexity index is 264. The predicted molar refractivity (Wildman–Crippen MR) is 61.1 cm³/mol. The van der Waals surface area contributed by atoms with Crippen LogP contribution < -0.4 is 0 Å². The summed E-state index contributed by atoms with van der Waals surface area (Å²) in [4.78, 5) is 2.46. The zero-order valence-electron chi connectivity index (χ0n) is 9.45. The van der Waals surface area contributed by atoms with Crippen LogP contribution in [0.2, 0.25) is 0 Å². The average molecular weight is 218 g/mol. The molecule has 1 atom stereocenters. The number of rotatable bonds is 3. The van der Waals surface area contributed by atoms with E-state index in [2.05, 4.69) is 18.7 Å². The maximum Gasteiger partial charge on any atom is 0.0415 e. The monoisotopic (exact) mass is 218 g/mol. The first kappa shape index (κ1) is 12.0. The maximum atomic E-state index is 11.3. The van der Waals surface area contributed by atoms with Gasteiger partial charge in [-0.15, -0.1) is 0 Å². The van der Waals surface area contributed by atoms with E-state index in [1.54, 1.807) is 6.26 Å². The highest BCUT2D eigenvalue weighted by molar-refractivity contribution is 7.91. The number of hydrogen-bond donors (Lipinski definition) is 1. The number of piperidine rings is 1. The Hall–Kier alpha value is -0.0900. The Morgan fingerprint density at radius 2 is 1.93 bits per heavy atom. The molecule has 1 saturated heterocycles. The van der Waals surface area contributed by atoms with Crippen molar-refractivity contribution >= 4 is 9.73 Å². The first-order chi connectivity index (χ1) is 6.38. The van der Waals surface area contributed by atoms with Crippen molar-refractivity contribution in [1.29, 1.82) is 4.78 Å². The fraction of sp³-hybridized carbons (Fsp3) is 1.00. The van der Waals surface area contributed by atoms with Gasteiger partial charge in [-0.3, -0.25) is 8.99 Å². The van der Waals surface area contributed by atoms with E-state index in [0.29, 0.717) is 17.7 Å². The molecule has 1 unspecified atom stereocenters. The summed E-state index contributed by atoms with van der Waals surface area (Å²) in [6, 6.07) is 0.623. The second-order valence-corrected chi connectivity index (χ2v) is 7.09. The van der Waals surface area contributed by atoms with Crippen LogP contribution in [0.4, 0.5) is 0 Å². The zero-order valence-corrected chi connectivity index (χ0v) is 10.3. The van der Waals surface area contributed by atoms with Crippen molar-refractivity contribution < 1.29 is 4.21 Å². The molecule has 0 amide bonds. The van der Waals surface area contributed by atoms with Crippen LogP contribution in [0.1, 0.15) is 26.7 Å². The molecule has 1 aliphatic rings. The van der Waals surface area contributed by atoms with E-state index >= 15 is 0 Å². The molecule has 84 valence electrons. The van der Waals surface area contributed by atoms with Crippen molar-refractivity contribution in [2.75, 3.05) is 25.1 Å². The average Bonchev–Trinajstić information content (AvgIpc) is 2.02. The summed E-state index contributed by atoms with van der Waals surface area (Å²) in [6.07, 6.45) is 3.78. The number of likely N-dealkylation sites (tertiary alicyclic amines) is 1. The van der Waals surface area contributed by atoms with E-state index in [1.807, 2.05) is 0 Å².